The van der Waals surface area contributed by atoms with Crippen molar-refractivity contribution in [1.29, 1.82) is 0 Å². The van der Waals surface area contributed by atoms with Crippen molar-refractivity contribution in [3.63, 3.8) is 0 Å². The summed E-state index contributed by atoms with van der Waals surface area (Å²) in [6.07, 6.45) is 0. The first kappa shape index (κ1) is 9.86. The highest BCUT2D eigenvalue weighted by Gasteiger charge is 2.10. The Hall–Kier alpha value is -1.68. The lowest BCUT2D eigenvalue weighted by molar-refractivity contribution is 0.0606. The highest BCUT2D eigenvalue weighted by Crippen LogP contribution is 2.21. The SMILES string of the molecule is COC(=O)c1cc(-c2ccccc2)ns1. The molecule has 4 heteroatoms. The van der Waals surface area contributed by atoms with Gasteiger partial charge in [0.2, 0.25) is 0 Å². The van der Waals surface area contributed by atoms with Crippen LogP contribution in [0.3, 0.4) is 0 Å². The van der Waals surface area contributed by atoms with Gasteiger partial charge < -0.3 is 4.74 Å². The van der Waals surface area contributed by atoms with E-state index in [4.69, 9.17) is 0 Å². The van der Waals surface area contributed by atoms with Crippen LogP contribution in [0.1, 0.15) is 9.67 Å². The maximum absolute atomic E-state index is 11.2. The largest absolute Gasteiger partial charge is 0.465 e. The molecule has 1 heterocycles. The monoisotopic (exact) mass is 219 g/mol. The highest BCUT2D eigenvalue weighted by molar-refractivity contribution is 7.08. The van der Waals surface area contributed by atoms with Crippen molar-refractivity contribution >= 4 is 17.5 Å². The summed E-state index contributed by atoms with van der Waals surface area (Å²) in [6, 6.07) is 11.5. The number of carbonyl (C=O) groups excluding carboxylic acids is 1. The maximum Gasteiger partial charge on any atom is 0.349 e. The molecule has 0 fully saturated rings. The van der Waals surface area contributed by atoms with Gasteiger partial charge in [-0.2, -0.15) is 4.37 Å². The molecule has 0 atom stereocenters. The Morgan fingerprint density at radius 1 is 1.33 bits per heavy atom. The Bertz CT molecular complexity index is 464. The zero-order valence-electron chi connectivity index (χ0n) is 8.14. The van der Waals surface area contributed by atoms with E-state index in [-0.39, 0.29) is 5.97 Å². The second kappa shape index (κ2) is 4.23. The number of nitrogens with zero attached hydrogens (tertiary/aromatic N) is 1. The molecule has 0 amide bonds. The first-order chi connectivity index (χ1) is 7.31. The number of methoxy groups -OCH3 is 1. The van der Waals surface area contributed by atoms with Crippen LogP contribution >= 0.6 is 11.5 Å². The van der Waals surface area contributed by atoms with E-state index in [0.717, 1.165) is 22.8 Å². The lowest BCUT2D eigenvalue weighted by Gasteiger charge is -1.93. The van der Waals surface area contributed by atoms with Crippen LogP contribution in [0.4, 0.5) is 0 Å². The lowest BCUT2D eigenvalue weighted by Crippen LogP contribution is -1.96. The molecular weight excluding hydrogens is 210 g/mol. The fraction of sp³-hybridized carbons (Fsp3) is 0.0909. The molecule has 0 spiro atoms. The Kier molecular flexibility index (Phi) is 2.78. The van der Waals surface area contributed by atoms with Crippen LogP contribution < -0.4 is 0 Å². The molecule has 2 aromatic rings. The van der Waals surface area contributed by atoms with Crippen LogP contribution in [0.2, 0.25) is 0 Å². The van der Waals surface area contributed by atoms with Gasteiger partial charge in [-0.25, -0.2) is 4.79 Å². The van der Waals surface area contributed by atoms with E-state index < -0.39 is 0 Å². The first-order valence-electron chi connectivity index (χ1n) is 4.41. The van der Waals surface area contributed by atoms with Crippen LogP contribution in [0.5, 0.6) is 0 Å². The van der Waals surface area contributed by atoms with Gasteiger partial charge in [0.05, 0.1) is 12.8 Å². The highest BCUT2D eigenvalue weighted by atomic mass is 32.1. The molecule has 0 saturated carbocycles. The lowest BCUT2D eigenvalue weighted by atomic mass is 10.1. The molecule has 0 aliphatic carbocycles. The van der Waals surface area contributed by atoms with Gasteiger partial charge in [0.25, 0.3) is 0 Å². The number of esters is 1. The number of carbonyl (C=O) groups is 1. The molecule has 0 unspecified atom stereocenters. The van der Waals surface area contributed by atoms with Crippen molar-refractivity contribution in [2.45, 2.75) is 0 Å². The normalized spacial score (nSPS) is 9.93. The number of rotatable bonds is 2. The van der Waals surface area contributed by atoms with Gasteiger partial charge >= 0.3 is 5.97 Å². The average Bonchev–Trinajstić information content (AvgIpc) is 2.78. The van der Waals surface area contributed by atoms with Gasteiger partial charge in [-0.1, -0.05) is 30.3 Å². The fourth-order valence-electron chi connectivity index (χ4n) is 1.22. The number of ether oxygens (including phenoxy) is 1. The Balaban J connectivity index is 2.32. The second-order valence-electron chi connectivity index (χ2n) is 2.93. The topological polar surface area (TPSA) is 39.2 Å². The van der Waals surface area contributed by atoms with Crippen molar-refractivity contribution in [1.82, 2.24) is 4.37 Å². The summed E-state index contributed by atoms with van der Waals surface area (Å²) in [7, 11) is 1.37. The molecule has 1 aromatic carbocycles. The van der Waals surface area contributed by atoms with Gasteiger partial charge in [0.15, 0.2) is 0 Å². The van der Waals surface area contributed by atoms with Crippen molar-refractivity contribution < 1.29 is 9.53 Å². The summed E-state index contributed by atoms with van der Waals surface area (Å²) < 4.78 is 8.81. The minimum absolute atomic E-state index is 0.338. The zero-order chi connectivity index (χ0) is 10.7. The Morgan fingerprint density at radius 2 is 2.07 bits per heavy atom. The second-order valence-corrected chi connectivity index (χ2v) is 3.74. The van der Waals surface area contributed by atoms with Gasteiger partial charge in [-0.3, -0.25) is 0 Å². The van der Waals surface area contributed by atoms with E-state index in [1.165, 1.54) is 7.11 Å². The smallest absolute Gasteiger partial charge is 0.349 e. The number of hydrogen-bond donors (Lipinski definition) is 0. The van der Waals surface area contributed by atoms with E-state index in [0.29, 0.717) is 4.88 Å². The first-order valence-corrected chi connectivity index (χ1v) is 5.19. The maximum atomic E-state index is 11.2. The van der Waals surface area contributed by atoms with Gasteiger partial charge in [-0.05, 0) is 17.6 Å². The number of aromatic nitrogens is 1. The van der Waals surface area contributed by atoms with Crippen LogP contribution in [0.25, 0.3) is 11.3 Å². The van der Waals surface area contributed by atoms with Crippen LogP contribution in [-0.4, -0.2) is 17.5 Å². The molecule has 0 radical (unpaired) electrons. The zero-order valence-corrected chi connectivity index (χ0v) is 8.95. The fourth-order valence-corrected chi connectivity index (χ4v) is 1.89. The Morgan fingerprint density at radius 3 is 2.73 bits per heavy atom. The van der Waals surface area contributed by atoms with Crippen molar-refractivity contribution in [3.05, 3.63) is 41.3 Å². The van der Waals surface area contributed by atoms with E-state index in [1.54, 1.807) is 6.07 Å². The molecule has 0 N–H and O–H groups in total. The minimum Gasteiger partial charge on any atom is -0.465 e. The van der Waals surface area contributed by atoms with E-state index in [9.17, 15) is 4.79 Å². The molecule has 76 valence electrons. The van der Waals surface area contributed by atoms with Crippen LogP contribution in [0.15, 0.2) is 36.4 Å². The van der Waals surface area contributed by atoms with Gasteiger partial charge in [0.1, 0.15) is 4.88 Å². The molecule has 0 bridgehead atoms. The average molecular weight is 219 g/mol. The predicted octanol–water partition coefficient (Wildman–Crippen LogP) is 2.60. The third kappa shape index (κ3) is 2.05. The molecule has 0 saturated heterocycles. The van der Waals surface area contributed by atoms with Gasteiger partial charge in [-0.15, -0.1) is 0 Å². The molecule has 0 aliphatic rings. The molecular formula is C11H9NO2S. The van der Waals surface area contributed by atoms with Crippen LogP contribution in [-0.2, 0) is 4.74 Å². The van der Waals surface area contributed by atoms with Crippen LogP contribution in [0, 0.1) is 0 Å². The van der Waals surface area contributed by atoms with E-state index >= 15 is 0 Å². The third-order valence-electron chi connectivity index (χ3n) is 1.97. The predicted molar refractivity (Wildman–Crippen MR) is 58.9 cm³/mol. The Labute approximate surface area is 91.5 Å². The summed E-state index contributed by atoms with van der Waals surface area (Å²) in [5, 5.41) is 0. The standard InChI is InChI=1S/C11H9NO2S/c1-14-11(13)10-7-9(12-15-10)8-5-3-2-4-6-8/h2-7H,1H3. The van der Waals surface area contributed by atoms with E-state index in [1.807, 2.05) is 30.3 Å². The quantitative estimate of drug-likeness (QED) is 0.729. The van der Waals surface area contributed by atoms with Crippen molar-refractivity contribution in [2.24, 2.45) is 0 Å². The number of benzene rings is 1. The summed E-state index contributed by atoms with van der Waals surface area (Å²) >= 11 is 1.15. The summed E-state index contributed by atoms with van der Waals surface area (Å²) in [5.74, 6) is -0.338. The molecule has 1 aromatic heterocycles. The molecule has 2 rings (SSSR count). The van der Waals surface area contributed by atoms with Crippen molar-refractivity contribution in [3.8, 4) is 11.3 Å². The summed E-state index contributed by atoms with van der Waals surface area (Å²) in [6.45, 7) is 0. The van der Waals surface area contributed by atoms with E-state index in [2.05, 4.69) is 9.11 Å². The summed E-state index contributed by atoms with van der Waals surface area (Å²) in [4.78, 5) is 11.7. The van der Waals surface area contributed by atoms with Crippen molar-refractivity contribution in [2.75, 3.05) is 7.11 Å². The number of hydrogen-bond acceptors (Lipinski definition) is 4. The molecule has 3 nitrogen and oxygen atoms in total. The molecule has 15 heavy (non-hydrogen) atoms. The summed E-state index contributed by atoms with van der Waals surface area (Å²) in [5.41, 5.74) is 1.81. The van der Waals surface area contributed by atoms with Gasteiger partial charge in [0, 0.05) is 5.56 Å². The molecule has 0 aliphatic heterocycles. The minimum atomic E-state index is -0.338. The third-order valence-corrected chi connectivity index (χ3v) is 2.74.